The molecule has 2 aliphatic heterocycles. The number of hydrogen-bond acceptors (Lipinski definition) is 4. The van der Waals surface area contributed by atoms with Crippen molar-refractivity contribution in [1.82, 2.24) is 14.8 Å². The van der Waals surface area contributed by atoms with E-state index in [4.69, 9.17) is 0 Å². The highest BCUT2D eigenvalue weighted by Gasteiger charge is 2.24. The molecule has 0 spiro atoms. The summed E-state index contributed by atoms with van der Waals surface area (Å²) in [5.74, 6) is 1.98. The van der Waals surface area contributed by atoms with Gasteiger partial charge in [-0.05, 0) is 74.4 Å². The predicted molar refractivity (Wildman–Crippen MR) is 126 cm³/mol. The van der Waals surface area contributed by atoms with Crippen LogP contribution in [0.5, 0.6) is 0 Å². The van der Waals surface area contributed by atoms with E-state index in [0.29, 0.717) is 18.2 Å². The molecule has 5 nitrogen and oxygen atoms in total. The summed E-state index contributed by atoms with van der Waals surface area (Å²) in [7, 11) is 0. The van der Waals surface area contributed by atoms with E-state index in [1.54, 1.807) is 0 Å². The van der Waals surface area contributed by atoms with Gasteiger partial charge in [-0.25, -0.2) is 4.98 Å². The molecule has 2 aromatic rings. The first-order chi connectivity index (χ1) is 15.1. The third-order valence-corrected chi connectivity index (χ3v) is 6.95. The van der Waals surface area contributed by atoms with E-state index < -0.39 is 0 Å². The molecule has 1 atom stereocenters. The first kappa shape index (κ1) is 21.8. The number of piperidine rings is 1. The molecule has 1 aromatic heterocycles. The monoisotopic (exact) mass is 420 g/mol. The number of likely N-dealkylation sites (tertiary alicyclic amines) is 1. The van der Waals surface area contributed by atoms with Crippen LogP contribution in [-0.4, -0.2) is 60.0 Å². The van der Waals surface area contributed by atoms with Crippen LogP contribution < -0.4 is 4.90 Å². The van der Waals surface area contributed by atoms with Gasteiger partial charge in [-0.1, -0.05) is 24.3 Å². The van der Waals surface area contributed by atoms with Crippen molar-refractivity contribution in [2.24, 2.45) is 5.92 Å². The van der Waals surface area contributed by atoms with Crippen molar-refractivity contribution >= 4 is 11.7 Å². The number of aryl methyl sites for hydroxylation is 2. The highest BCUT2D eigenvalue weighted by atomic mass is 16.2. The molecule has 1 unspecified atom stereocenters. The Labute approximate surface area is 187 Å². The van der Waals surface area contributed by atoms with E-state index in [0.717, 1.165) is 51.5 Å². The van der Waals surface area contributed by atoms with Crippen molar-refractivity contribution in [3.63, 3.8) is 0 Å². The molecular weight excluding hydrogens is 384 g/mol. The molecular formula is C26H36N4O. The van der Waals surface area contributed by atoms with Gasteiger partial charge in [0.2, 0.25) is 5.91 Å². The maximum absolute atomic E-state index is 12.8. The molecule has 0 N–H and O–H groups in total. The van der Waals surface area contributed by atoms with Gasteiger partial charge < -0.3 is 9.80 Å². The van der Waals surface area contributed by atoms with E-state index in [9.17, 15) is 4.79 Å². The smallest absolute Gasteiger partial charge is 0.222 e. The molecule has 0 aliphatic carbocycles. The molecule has 2 fully saturated rings. The van der Waals surface area contributed by atoms with Crippen LogP contribution in [0.3, 0.4) is 0 Å². The summed E-state index contributed by atoms with van der Waals surface area (Å²) in [6.45, 7) is 11.0. The normalized spacial score (nSPS) is 20.1. The first-order valence-electron chi connectivity index (χ1n) is 11.8. The fourth-order valence-corrected chi connectivity index (χ4v) is 4.90. The van der Waals surface area contributed by atoms with Gasteiger partial charge in [0, 0.05) is 51.9 Å². The summed E-state index contributed by atoms with van der Waals surface area (Å²) >= 11 is 0. The zero-order chi connectivity index (χ0) is 21.6. The number of rotatable bonds is 6. The Morgan fingerprint density at radius 3 is 2.61 bits per heavy atom. The molecule has 0 bridgehead atoms. The molecule has 1 aromatic carbocycles. The minimum absolute atomic E-state index is 0.326. The van der Waals surface area contributed by atoms with Crippen molar-refractivity contribution in [2.75, 3.05) is 44.2 Å². The summed E-state index contributed by atoms with van der Waals surface area (Å²) in [4.78, 5) is 24.1. The SMILES string of the molecule is Cc1ccc(CN2CCCC(CCC(=O)N3CCN(c4ccccn4)CC3)C2)cc1C. The number of aromatic nitrogens is 1. The second-order valence-corrected chi connectivity index (χ2v) is 9.26. The van der Waals surface area contributed by atoms with Crippen LogP contribution in [0.4, 0.5) is 5.82 Å². The molecule has 4 rings (SSSR count). The fraction of sp³-hybridized carbons (Fsp3) is 0.538. The third kappa shape index (κ3) is 5.85. The lowest BCUT2D eigenvalue weighted by Crippen LogP contribution is -2.49. The number of nitrogens with zero attached hydrogens (tertiary/aromatic N) is 4. The molecule has 3 heterocycles. The number of hydrogen-bond donors (Lipinski definition) is 0. The highest BCUT2D eigenvalue weighted by Crippen LogP contribution is 2.24. The van der Waals surface area contributed by atoms with Gasteiger partial charge >= 0.3 is 0 Å². The average molecular weight is 421 g/mol. The largest absolute Gasteiger partial charge is 0.353 e. The second-order valence-electron chi connectivity index (χ2n) is 9.26. The molecule has 2 aliphatic rings. The predicted octanol–water partition coefficient (Wildman–Crippen LogP) is 4.04. The van der Waals surface area contributed by atoms with Crippen molar-refractivity contribution < 1.29 is 4.79 Å². The lowest BCUT2D eigenvalue weighted by molar-refractivity contribution is -0.131. The molecule has 31 heavy (non-hydrogen) atoms. The number of carbonyl (C=O) groups excluding carboxylic acids is 1. The number of pyridine rings is 1. The van der Waals surface area contributed by atoms with Gasteiger partial charge in [0.15, 0.2) is 0 Å². The second kappa shape index (κ2) is 10.3. The van der Waals surface area contributed by atoms with Gasteiger partial charge in [-0.2, -0.15) is 0 Å². The summed E-state index contributed by atoms with van der Waals surface area (Å²) in [5, 5.41) is 0. The number of amides is 1. The molecule has 1 amide bonds. The average Bonchev–Trinajstić information content (AvgIpc) is 2.81. The van der Waals surface area contributed by atoms with Gasteiger partial charge in [0.25, 0.3) is 0 Å². The Balaban J connectivity index is 1.21. The Kier molecular flexibility index (Phi) is 7.23. The molecule has 166 valence electrons. The Bertz CT molecular complexity index is 861. The molecule has 0 radical (unpaired) electrons. The Morgan fingerprint density at radius 2 is 1.87 bits per heavy atom. The zero-order valence-corrected chi connectivity index (χ0v) is 19.1. The van der Waals surface area contributed by atoms with Crippen LogP contribution in [0, 0.1) is 19.8 Å². The molecule has 5 heteroatoms. The fourth-order valence-electron chi connectivity index (χ4n) is 4.90. The minimum atomic E-state index is 0.326. The van der Waals surface area contributed by atoms with Gasteiger partial charge in [0.1, 0.15) is 5.82 Å². The van der Waals surface area contributed by atoms with Crippen LogP contribution in [-0.2, 0) is 11.3 Å². The van der Waals surface area contributed by atoms with Crippen LogP contribution >= 0.6 is 0 Å². The number of carbonyl (C=O) groups is 1. The Hall–Kier alpha value is -2.40. The number of benzene rings is 1. The van der Waals surface area contributed by atoms with Gasteiger partial charge in [-0.15, -0.1) is 0 Å². The first-order valence-corrected chi connectivity index (χ1v) is 11.8. The zero-order valence-electron chi connectivity index (χ0n) is 19.1. The van der Waals surface area contributed by atoms with Crippen LogP contribution in [0.25, 0.3) is 0 Å². The maximum Gasteiger partial charge on any atom is 0.222 e. The summed E-state index contributed by atoms with van der Waals surface area (Å²) in [6, 6.07) is 12.8. The molecule has 0 saturated carbocycles. The lowest BCUT2D eigenvalue weighted by atomic mass is 9.92. The highest BCUT2D eigenvalue weighted by molar-refractivity contribution is 5.76. The summed E-state index contributed by atoms with van der Waals surface area (Å²) in [6.07, 6.45) is 6.03. The maximum atomic E-state index is 12.8. The summed E-state index contributed by atoms with van der Waals surface area (Å²) in [5.41, 5.74) is 4.14. The Morgan fingerprint density at radius 1 is 1.03 bits per heavy atom. The standard InChI is InChI=1S/C26H36N4O/c1-21-8-9-24(18-22(21)2)20-28-13-5-6-23(19-28)10-11-26(31)30-16-14-29(15-17-30)25-7-3-4-12-27-25/h3-4,7-9,12,18,23H,5-6,10-11,13-17,19-20H2,1-2H3. The van der Waals surface area contributed by atoms with Crippen LogP contribution in [0.15, 0.2) is 42.6 Å². The van der Waals surface area contributed by atoms with Crippen molar-refractivity contribution in [3.05, 3.63) is 59.3 Å². The van der Waals surface area contributed by atoms with E-state index in [1.807, 2.05) is 24.4 Å². The van der Waals surface area contributed by atoms with Crippen molar-refractivity contribution in [3.8, 4) is 0 Å². The number of piperazine rings is 1. The lowest BCUT2D eigenvalue weighted by Gasteiger charge is -2.36. The van der Waals surface area contributed by atoms with Gasteiger partial charge in [0.05, 0.1) is 0 Å². The molecule has 2 saturated heterocycles. The third-order valence-electron chi connectivity index (χ3n) is 6.95. The van der Waals surface area contributed by atoms with Crippen LogP contribution in [0.2, 0.25) is 0 Å². The summed E-state index contributed by atoms with van der Waals surface area (Å²) < 4.78 is 0. The van der Waals surface area contributed by atoms with Crippen LogP contribution in [0.1, 0.15) is 42.4 Å². The van der Waals surface area contributed by atoms with E-state index in [2.05, 4.69) is 51.7 Å². The van der Waals surface area contributed by atoms with Crippen molar-refractivity contribution in [2.45, 2.75) is 46.1 Å². The van der Waals surface area contributed by atoms with E-state index in [-0.39, 0.29) is 0 Å². The van der Waals surface area contributed by atoms with Crippen molar-refractivity contribution in [1.29, 1.82) is 0 Å². The van der Waals surface area contributed by atoms with E-state index in [1.165, 1.54) is 36.1 Å². The number of anilines is 1. The van der Waals surface area contributed by atoms with E-state index >= 15 is 0 Å². The topological polar surface area (TPSA) is 39.7 Å². The minimum Gasteiger partial charge on any atom is -0.353 e. The van der Waals surface area contributed by atoms with Gasteiger partial charge in [-0.3, -0.25) is 9.69 Å². The quantitative estimate of drug-likeness (QED) is 0.707.